The Balaban J connectivity index is 2.41. The quantitative estimate of drug-likeness (QED) is 0.632. The van der Waals surface area contributed by atoms with Gasteiger partial charge in [-0.05, 0) is 0 Å². The number of hydrogen-bond acceptors (Lipinski definition) is 0. The van der Waals surface area contributed by atoms with Gasteiger partial charge >= 0.3 is 0 Å². The van der Waals surface area contributed by atoms with E-state index in [0.717, 1.165) is 0 Å². The molecule has 12 heavy (non-hydrogen) atoms. The van der Waals surface area contributed by atoms with Crippen molar-refractivity contribution in [1.82, 2.24) is 0 Å². The van der Waals surface area contributed by atoms with Crippen LogP contribution in [0.4, 0.5) is 0 Å². The molecule has 3 radical (unpaired) electrons. The minimum atomic E-state index is 0.182. The summed E-state index contributed by atoms with van der Waals surface area (Å²) in [5.74, 6) is 0. The van der Waals surface area contributed by atoms with E-state index in [9.17, 15) is 0 Å². The summed E-state index contributed by atoms with van der Waals surface area (Å²) in [6, 6.07) is 4.69. The Labute approximate surface area is 82.6 Å². The Kier molecular flexibility index (Phi) is 4.82. The van der Waals surface area contributed by atoms with Crippen LogP contribution in [0.2, 0.25) is 35.1 Å². The number of rotatable bonds is 3. The number of hydrogen-bond donors (Lipinski definition) is 0. The Morgan fingerprint density at radius 1 is 0.667 bits per heavy atom. The zero-order valence-electron chi connectivity index (χ0n) is 8.74. The maximum atomic E-state index is 2.43. The van der Waals surface area contributed by atoms with E-state index in [4.69, 9.17) is 0 Å². The monoisotopic (exact) mass is 213 g/mol. The highest BCUT2D eigenvalue weighted by Gasteiger charge is 2.28. The van der Waals surface area contributed by atoms with Crippen molar-refractivity contribution in [2.45, 2.75) is 55.9 Å². The molecule has 0 nitrogen and oxygen atoms in total. The van der Waals surface area contributed by atoms with Gasteiger partial charge in [-0.15, -0.1) is 0 Å². The second kappa shape index (κ2) is 5.40. The first-order chi connectivity index (χ1) is 5.80. The molecule has 1 heterocycles. The van der Waals surface area contributed by atoms with Crippen LogP contribution in [0, 0.1) is 0 Å². The lowest BCUT2D eigenvalue weighted by Gasteiger charge is -2.30. The Morgan fingerprint density at radius 2 is 0.917 bits per heavy atom. The smallest absolute Gasteiger partial charge is 0.0415 e. The van der Waals surface area contributed by atoms with Gasteiger partial charge in [-0.2, -0.15) is 0 Å². The third-order valence-electron chi connectivity index (χ3n) is 3.00. The lowest BCUT2D eigenvalue weighted by molar-refractivity contribution is 1.28. The SMILES string of the molecule is CC[Si]1C[Si](CC)C[Si](CC)C1. The van der Waals surface area contributed by atoms with Crippen molar-refractivity contribution < 1.29 is 0 Å². The van der Waals surface area contributed by atoms with E-state index < -0.39 is 0 Å². The molecule has 0 saturated carbocycles. The van der Waals surface area contributed by atoms with Crippen LogP contribution in [-0.2, 0) is 0 Å². The summed E-state index contributed by atoms with van der Waals surface area (Å²) in [6.45, 7) is 7.30. The van der Waals surface area contributed by atoms with Crippen LogP contribution in [0.1, 0.15) is 20.8 Å². The van der Waals surface area contributed by atoms with Crippen molar-refractivity contribution in [3.8, 4) is 0 Å². The fraction of sp³-hybridized carbons (Fsp3) is 1.00. The zero-order valence-corrected chi connectivity index (χ0v) is 11.7. The predicted octanol–water partition coefficient (Wildman–Crippen LogP) is 3.16. The average molecular weight is 214 g/mol. The van der Waals surface area contributed by atoms with Gasteiger partial charge in [0.25, 0.3) is 0 Å². The normalized spacial score (nSPS) is 23.2. The van der Waals surface area contributed by atoms with Crippen LogP contribution >= 0.6 is 0 Å². The predicted molar refractivity (Wildman–Crippen MR) is 63.1 cm³/mol. The minimum absolute atomic E-state index is 0.182. The van der Waals surface area contributed by atoms with Crippen LogP contribution in [0.5, 0.6) is 0 Å². The van der Waals surface area contributed by atoms with Crippen molar-refractivity contribution in [2.24, 2.45) is 0 Å². The molecule has 0 bridgehead atoms. The first-order valence-electron chi connectivity index (χ1n) is 5.30. The van der Waals surface area contributed by atoms with Crippen molar-refractivity contribution >= 4 is 26.4 Å². The molecule has 0 N–H and O–H groups in total. The largest absolute Gasteiger partial charge is 0.0680 e. The highest BCUT2D eigenvalue weighted by Crippen LogP contribution is 2.25. The maximum Gasteiger partial charge on any atom is 0.0415 e. The molecule has 1 aliphatic rings. The fourth-order valence-electron chi connectivity index (χ4n) is 2.00. The van der Waals surface area contributed by atoms with Gasteiger partial charge in [-0.3, -0.25) is 0 Å². The van der Waals surface area contributed by atoms with Gasteiger partial charge in [0.2, 0.25) is 0 Å². The molecule has 1 rings (SSSR count). The highest BCUT2D eigenvalue weighted by molar-refractivity contribution is 6.95. The van der Waals surface area contributed by atoms with E-state index in [0.29, 0.717) is 0 Å². The van der Waals surface area contributed by atoms with Gasteiger partial charge in [-0.25, -0.2) is 0 Å². The molecule has 0 aromatic heterocycles. The van der Waals surface area contributed by atoms with Crippen LogP contribution in [0.3, 0.4) is 0 Å². The lowest BCUT2D eigenvalue weighted by atomic mass is 11.0. The van der Waals surface area contributed by atoms with E-state index in [2.05, 4.69) is 20.8 Å². The Morgan fingerprint density at radius 3 is 1.08 bits per heavy atom. The lowest BCUT2D eigenvalue weighted by Crippen LogP contribution is -2.38. The van der Waals surface area contributed by atoms with Gasteiger partial charge < -0.3 is 0 Å². The fourth-order valence-corrected chi connectivity index (χ4v) is 21.4. The summed E-state index contributed by atoms with van der Waals surface area (Å²) in [4.78, 5) is 0. The molecule has 1 aliphatic heterocycles. The summed E-state index contributed by atoms with van der Waals surface area (Å²) in [5.41, 5.74) is 5.24. The molecule has 0 aromatic carbocycles. The molecule has 1 fully saturated rings. The zero-order chi connectivity index (χ0) is 8.97. The van der Waals surface area contributed by atoms with E-state index in [1.807, 2.05) is 0 Å². The van der Waals surface area contributed by atoms with Crippen molar-refractivity contribution in [3.63, 3.8) is 0 Å². The molecular weight excluding hydrogens is 192 g/mol. The summed E-state index contributed by atoms with van der Waals surface area (Å²) in [7, 11) is 0.547. The average Bonchev–Trinajstić information content (AvgIpc) is 2.16. The first-order valence-corrected chi connectivity index (χ1v) is 11.7. The molecule has 0 spiro atoms. The Hall–Kier alpha value is 0.651. The minimum Gasteiger partial charge on any atom is -0.0680 e. The van der Waals surface area contributed by atoms with E-state index in [-0.39, 0.29) is 26.4 Å². The molecule has 1 saturated heterocycles. The summed E-state index contributed by atoms with van der Waals surface area (Å²) in [6.07, 6.45) is 0. The van der Waals surface area contributed by atoms with E-state index in [1.54, 1.807) is 35.1 Å². The second-order valence-corrected chi connectivity index (χ2v) is 14.7. The van der Waals surface area contributed by atoms with E-state index in [1.165, 1.54) is 0 Å². The molecule has 69 valence electrons. The molecule has 0 unspecified atom stereocenters. The topological polar surface area (TPSA) is 0 Å². The molecule has 0 aliphatic carbocycles. The molecule has 0 atom stereocenters. The summed E-state index contributed by atoms with van der Waals surface area (Å²) >= 11 is 0. The van der Waals surface area contributed by atoms with Crippen molar-refractivity contribution in [1.29, 1.82) is 0 Å². The van der Waals surface area contributed by atoms with Gasteiger partial charge in [0.15, 0.2) is 0 Å². The van der Waals surface area contributed by atoms with Gasteiger partial charge in [0.1, 0.15) is 0 Å². The van der Waals surface area contributed by atoms with Crippen LogP contribution in [0.15, 0.2) is 0 Å². The van der Waals surface area contributed by atoms with Crippen LogP contribution < -0.4 is 0 Å². The highest BCUT2D eigenvalue weighted by atomic mass is 28.4. The first kappa shape index (κ1) is 10.7. The maximum absolute atomic E-state index is 2.43. The van der Waals surface area contributed by atoms with Crippen molar-refractivity contribution in [3.05, 3.63) is 0 Å². The molecule has 3 heteroatoms. The van der Waals surface area contributed by atoms with Crippen LogP contribution in [-0.4, -0.2) is 26.4 Å². The van der Waals surface area contributed by atoms with Gasteiger partial charge in [0.05, 0.1) is 0 Å². The van der Waals surface area contributed by atoms with Gasteiger partial charge in [-0.1, -0.05) is 55.9 Å². The second-order valence-electron chi connectivity index (χ2n) is 3.84. The molecular formula is C9H21Si3. The third kappa shape index (κ3) is 2.85. The van der Waals surface area contributed by atoms with Gasteiger partial charge in [0, 0.05) is 26.4 Å². The van der Waals surface area contributed by atoms with Crippen molar-refractivity contribution in [2.75, 3.05) is 0 Å². The molecule has 0 aromatic rings. The summed E-state index contributed by atoms with van der Waals surface area (Å²) in [5, 5.41) is 0. The Bertz CT molecular complexity index is 97.2. The molecule has 0 amide bonds. The summed E-state index contributed by atoms with van der Waals surface area (Å²) < 4.78 is 0. The van der Waals surface area contributed by atoms with E-state index >= 15 is 0 Å². The third-order valence-corrected chi connectivity index (χ3v) is 18.0. The van der Waals surface area contributed by atoms with Crippen LogP contribution in [0.25, 0.3) is 0 Å². The standard InChI is InChI=1S/C9H21Si3/c1-4-10-7-11(5-2)9-12(6-3)8-10/h4-9H2,1-3H3.